The number of aromatic nitrogens is 2. The van der Waals surface area contributed by atoms with E-state index in [0.717, 1.165) is 29.5 Å². The van der Waals surface area contributed by atoms with Gasteiger partial charge in [-0.25, -0.2) is 18.3 Å². The van der Waals surface area contributed by atoms with Crippen molar-refractivity contribution in [1.82, 2.24) is 15.1 Å². The van der Waals surface area contributed by atoms with Gasteiger partial charge in [0.15, 0.2) is 11.6 Å². The van der Waals surface area contributed by atoms with Gasteiger partial charge in [-0.1, -0.05) is 12.1 Å². The first-order valence-electron chi connectivity index (χ1n) is 9.04. The number of nitrogens with zero attached hydrogens (tertiary/aromatic N) is 2. The Bertz CT molecular complexity index is 1030. The first kappa shape index (κ1) is 18.2. The standard InChI is InChI=1S/C21H19F2N3O2/c1-12-2-3-14(8-16(12)11-24-21(27)28)19-6-7-26(25-19)20-17(22)9-15(10-18(20)23)13-4-5-13/h2-3,6-10,13,24H,4-5,11H2,1H3,(H,27,28). The monoisotopic (exact) mass is 383 g/mol. The largest absolute Gasteiger partial charge is 0.465 e. The summed E-state index contributed by atoms with van der Waals surface area (Å²) >= 11 is 0. The lowest BCUT2D eigenvalue weighted by Crippen LogP contribution is -2.20. The van der Waals surface area contributed by atoms with Gasteiger partial charge >= 0.3 is 6.09 Å². The second kappa shape index (κ2) is 7.07. The maximum atomic E-state index is 14.5. The van der Waals surface area contributed by atoms with Crippen LogP contribution in [0.5, 0.6) is 0 Å². The van der Waals surface area contributed by atoms with Crippen molar-refractivity contribution >= 4 is 6.09 Å². The van der Waals surface area contributed by atoms with Gasteiger partial charge in [-0.3, -0.25) is 0 Å². The van der Waals surface area contributed by atoms with E-state index in [1.54, 1.807) is 6.07 Å². The number of carboxylic acid groups (broad SMARTS) is 1. The van der Waals surface area contributed by atoms with Crippen molar-refractivity contribution in [3.05, 3.63) is 70.9 Å². The van der Waals surface area contributed by atoms with E-state index in [0.29, 0.717) is 11.3 Å². The number of rotatable bonds is 5. The average molecular weight is 383 g/mol. The maximum Gasteiger partial charge on any atom is 0.404 e. The van der Waals surface area contributed by atoms with Crippen molar-refractivity contribution in [3.8, 4) is 16.9 Å². The van der Waals surface area contributed by atoms with Crippen molar-refractivity contribution in [2.75, 3.05) is 0 Å². The molecule has 1 aromatic heterocycles. The number of hydrogen-bond acceptors (Lipinski definition) is 2. The average Bonchev–Trinajstić information content (AvgIpc) is 3.39. The lowest BCUT2D eigenvalue weighted by molar-refractivity contribution is 0.194. The van der Waals surface area contributed by atoms with Gasteiger partial charge in [-0.15, -0.1) is 0 Å². The topological polar surface area (TPSA) is 67.2 Å². The Morgan fingerprint density at radius 3 is 2.57 bits per heavy atom. The van der Waals surface area contributed by atoms with Crippen LogP contribution in [0.2, 0.25) is 0 Å². The summed E-state index contributed by atoms with van der Waals surface area (Å²) in [4.78, 5) is 10.7. The molecule has 1 fully saturated rings. The molecule has 4 rings (SSSR count). The van der Waals surface area contributed by atoms with Gasteiger partial charge < -0.3 is 10.4 Å². The summed E-state index contributed by atoms with van der Waals surface area (Å²) in [6.07, 6.45) is 2.35. The zero-order chi connectivity index (χ0) is 19.8. The highest BCUT2D eigenvalue weighted by Crippen LogP contribution is 2.41. The molecule has 0 unspecified atom stereocenters. The summed E-state index contributed by atoms with van der Waals surface area (Å²) in [7, 11) is 0. The zero-order valence-corrected chi connectivity index (χ0v) is 15.2. The molecule has 5 nitrogen and oxygen atoms in total. The molecule has 1 amide bonds. The first-order chi connectivity index (χ1) is 13.4. The van der Waals surface area contributed by atoms with Crippen LogP contribution in [0, 0.1) is 18.6 Å². The Morgan fingerprint density at radius 2 is 1.93 bits per heavy atom. The Labute approximate surface area is 160 Å². The van der Waals surface area contributed by atoms with Crippen molar-refractivity contribution in [3.63, 3.8) is 0 Å². The highest BCUT2D eigenvalue weighted by Gasteiger charge is 2.26. The number of nitrogens with one attached hydrogen (secondary N) is 1. The zero-order valence-electron chi connectivity index (χ0n) is 15.2. The number of carbonyl (C=O) groups is 1. The van der Waals surface area contributed by atoms with Crippen molar-refractivity contribution in [2.24, 2.45) is 0 Å². The van der Waals surface area contributed by atoms with Crippen LogP contribution in [-0.4, -0.2) is 21.0 Å². The number of aryl methyl sites for hydroxylation is 1. The smallest absolute Gasteiger partial charge is 0.404 e. The summed E-state index contributed by atoms with van der Waals surface area (Å²) in [5, 5.41) is 15.5. The lowest BCUT2D eigenvalue weighted by atomic mass is 10.0. The molecule has 144 valence electrons. The van der Waals surface area contributed by atoms with Crippen LogP contribution in [0.3, 0.4) is 0 Å². The summed E-state index contributed by atoms with van der Waals surface area (Å²) in [5.41, 5.74) is 3.52. The lowest BCUT2D eigenvalue weighted by Gasteiger charge is -2.09. The minimum Gasteiger partial charge on any atom is -0.465 e. The van der Waals surface area contributed by atoms with Crippen LogP contribution in [0.1, 0.15) is 35.4 Å². The van der Waals surface area contributed by atoms with E-state index in [4.69, 9.17) is 5.11 Å². The van der Waals surface area contributed by atoms with E-state index in [-0.39, 0.29) is 18.2 Å². The minimum absolute atomic E-state index is 0.168. The quantitative estimate of drug-likeness (QED) is 0.667. The molecular formula is C21H19F2N3O2. The summed E-state index contributed by atoms with van der Waals surface area (Å²) in [5.74, 6) is -1.00. The van der Waals surface area contributed by atoms with Gasteiger partial charge in [0.1, 0.15) is 5.69 Å². The molecule has 1 saturated carbocycles. The van der Waals surface area contributed by atoms with Crippen molar-refractivity contribution in [2.45, 2.75) is 32.2 Å². The van der Waals surface area contributed by atoms with Crippen LogP contribution in [0.25, 0.3) is 16.9 Å². The molecule has 0 atom stereocenters. The molecule has 28 heavy (non-hydrogen) atoms. The summed E-state index contributed by atoms with van der Waals surface area (Å²) in [6.45, 7) is 2.05. The van der Waals surface area contributed by atoms with E-state index in [9.17, 15) is 13.6 Å². The molecular weight excluding hydrogens is 364 g/mol. The molecule has 2 N–H and O–H groups in total. The van der Waals surface area contributed by atoms with Crippen LogP contribution in [0.15, 0.2) is 42.6 Å². The van der Waals surface area contributed by atoms with Crippen molar-refractivity contribution in [1.29, 1.82) is 0 Å². The predicted octanol–water partition coefficient (Wildman–Crippen LogP) is 4.77. The maximum absolute atomic E-state index is 14.5. The molecule has 2 aromatic carbocycles. The molecule has 1 aliphatic carbocycles. The van der Waals surface area contributed by atoms with Crippen LogP contribution >= 0.6 is 0 Å². The third kappa shape index (κ3) is 3.60. The van der Waals surface area contributed by atoms with E-state index in [2.05, 4.69) is 10.4 Å². The Balaban J connectivity index is 1.65. The van der Waals surface area contributed by atoms with Crippen LogP contribution < -0.4 is 5.32 Å². The van der Waals surface area contributed by atoms with Gasteiger partial charge in [-0.2, -0.15) is 5.10 Å². The highest BCUT2D eigenvalue weighted by molar-refractivity contribution is 5.65. The first-order valence-corrected chi connectivity index (χ1v) is 9.04. The second-order valence-corrected chi connectivity index (χ2v) is 7.05. The fourth-order valence-corrected chi connectivity index (χ4v) is 3.25. The Hall–Kier alpha value is -3.22. The summed E-state index contributed by atoms with van der Waals surface area (Å²) < 4.78 is 30.2. The van der Waals surface area contributed by atoms with Gasteiger partial charge in [0.25, 0.3) is 0 Å². The van der Waals surface area contributed by atoms with Crippen LogP contribution in [0.4, 0.5) is 13.6 Å². The molecule has 7 heteroatoms. The van der Waals surface area contributed by atoms with Gasteiger partial charge in [0.05, 0.1) is 5.69 Å². The molecule has 0 spiro atoms. The molecule has 0 aliphatic heterocycles. The van der Waals surface area contributed by atoms with Gasteiger partial charge in [0.2, 0.25) is 0 Å². The van der Waals surface area contributed by atoms with Gasteiger partial charge in [-0.05, 0) is 66.6 Å². The fraction of sp³-hybridized carbons (Fsp3) is 0.238. The number of benzene rings is 2. The summed E-state index contributed by atoms with van der Waals surface area (Å²) in [6, 6.07) is 9.97. The number of amides is 1. The van der Waals surface area contributed by atoms with Gasteiger partial charge in [0, 0.05) is 18.3 Å². The molecule has 0 radical (unpaired) electrons. The Morgan fingerprint density at radius 1 is 1.21 bits per heavy atom. The molecule has 0 bridgehead atoms. The Kier molecular flexibility index (Phi) is 4.58. The van der Waals surface area contributed by atoms with Crippen molar-refractivity contribution < 1.29 is 18.7 Å². The fourth-order valence-electron chi connectivity index (χ4n) is 3.25. The highest BCUT2D eigenvalue weighted by atomic mass is 19.1. The van der Waals surface area contributed by atoms with E-state index in [1.165, 1.54) is 23.0 Å². The minimum atomic E-state index is -1.10. The molecule has 1 heterocycles. The van der Waals surface area contributed by atoms with E-state index >= 15 is 0 Å². The van der Waals surface area contributed by atoms with E-state index < -0.39 is 17.7 Å². The molecule has 1 aliphatic rings. The predicted molar refractivity (Wildman–Crippen MR) is 100 cm³/mol. The third-order valence-corrected chi connectivity index (χ3v) is 4.98. The SMILES string of the molecule is Cc1ccc(-c2ccn(-c3c(F)cc(C4CC4)cc3F)n2)cc1CNC(=O)O. The number of halogens is 2. The molecule has 0 saturated heterocycles. The molecule has 3 aromatic rings. The second-order valence-electron chi connectivity index (χ2n) is 7.05. The normalized spacial score (nSPS) is 13.5. The third-order valence-electron chi connectivity index (χ3n) is 4.98. The van der Waals surface area contributed by atoms with Crippen LogP contribution in [-0.2, 0) is 6.54 Å². The number of hydrogen-bond donors (Lipinski definition) is 2. The van der Waals surface area contributed by atoms with E-state index in [1.807, 2.05) is 25.1 Å².